The molecule has 46 valence electrons. The number of nitrogens with zero attached hydrogens (tertiary/aromatic N) is 2. The zero-order chi connectivity index (χ0) is 5.82. The molecule has 8 heavy (non-hydrogen) atoms. The van der Waals surface area contributed by atoms with E-state index in [9.17, 15) is 0 Å². The summed E-state index contributed by atoms with van der Waals surface area (Å²) in [6.07, 6.45) is 1.61. The number of aliphatic imine (C=N–C) groups is 1. The summed E-state index contributed by atoms with van der Waals surface area (Å²) in [6, 6.07) is 0. The molecule has 1 aliphatic rings. The first-order valence-electron chi connectivity index (χ1n) is 2.59. The molecule has 0 bridgehead atoms. The largest absolute Gasteiger partial charge is 0.257 e. The van der Waals surface area contributed by atoms with Crippen LogP contribution in [0.5, 0.6) is 0 Å². The van der Waals surface area contributed by atoms with Gasteiger partial charge in [-0.05, 0) is 6.92 Å². The molecular weight excluding hydrogens is 106 g/mol. The van der Waals surface area contributed by atoms with Gasteiger partial charge in [-0.15, -0.1) is 0 Å². The Labute approximate surface area is 48.1 Å². The predicted molar refractivity (Wildman–Crippen MR) is 30.0 cm³/mol. The molecule has 0 aromatic rings. The molecule has 0 saturated carbocycles. The summed E-state index contributed by atoms with van der Waals surface area (Å²) < 4.78 is 0. The van der Waals surface area contributed by atoms with Crippen LogP contribution in [0.2, 0.25) is 0 Å². The minimum atomic E-state index is 0.625. The fraction of sp³-hybridized carbons (Fsp3) is 0.750. The lowest BCUT2D eigenvalue weighted by molar-refractivity contribution is -0.118. The zero-order valence-electron chi connectivity index (χ0n) is 4.79. The van der Waals surface area contributed by atoms with Crippen LogP contribution in [0, 0.1) is 0 Å². The molecule has 0 aromatic heterocycles. The van der Waals surface area contributed by atoms with Crippen molar-refractivity contribution in [2.75, 3.05) is 13.3 Å². The smallest absolute Gasteiger partial charge is 0.130 e. The third kappa shape index (κ3) is 1.18. The molecule has 0 unspecified atom stereocenters. The molecule has 0 atom stereocenters. The van der Waals surface area contributed by atoms with E-state index in [0.717, 1.165) is 0 Å². The third-order valence-electron chi connectivity index (χ3n) is 0.773. The van der Waals surface area contributed by atoms with Crippen LogP contribution in [-0.2, 0) is 4.84 Å². The maximum atomic E-state index is 4.98. The maximum Gasteiger partial charge on any atom is 0.130 e. The summed E-state index contributed by atoms with van der Waals surface area (Å²) >= 11 is 0. The van der Waals surface area contributed by atoms with Crippen molar-refractivity contribution in [1.29, 1.82) is 0 Å². The lowest BCUT2D eigenvalue weighted by Gasteiger charge is -2.10. The average molecular weight is 115 g/mol. The molecule has 4 nitrogen and oxygen atoms in total. The van der Waals surface area contributed by atoms with Crippen LogP contribution in [0.15, 0.2) is 4.99 Å². The van der Waals surface area contributed by atoms with Crippen LogP contribution >= 0.6 is 0 Å². The molecule has 0 aliphatic carbocycles. The second-order valence-electron chi connectivity index (χ2n) is 1.36. The van der Waals surface area contributed by atoms with E-state index in [1.165, 1.54) is 5.17 Å². The molecule has 0 radical (unpaired) electrons. The van der Waals surface area contributed by atoms with Crippen molar-refractivity contribution in [3.05, 3.63) is 0 Å². The van der Waals surface area contributed by atoms with Crippen LogP contribution in [0.4, 0.5) is 0 Å². The Kier molecular flexibility index (Phi) is 1.82. The molecule has 4 heteroatoms. The fourth-order valence-corrected chi connectivity index (χ4v) is 0.484. The molecule has 0 saturated heterocycles. The lowest BCUT2D eigenvalue weighted by atomic mass is 10.9. The molecule has 1 rings (SSSR count). The first-order chi connectivity index (χ1) is 3.93. The van der Waals surface area contributed by atoms with Gasteiger partial charge in [-0.2, -0.15) is 10.6 Å². The molecule has 0 amide bonds. The lowest BCUT2D eigenvalue weighted by Crippen LogP contribution is -2.31. The van der Waals surface area contributed by atoms with Gasteiger partial charge in [0.05, 0.1) is 6.61 Å². The standard InChI is InChI=1S/C4H9N3O/c1-2-8-7-4-5-3-6-7/h4,6H,2-3H2,1H3. The van der Waals surface area contributed by atoms with Gasteiger partial charge < -0.3 is 0 Å². The Bertz CT molecular complexity index is 93.3. The van der Waals surface area contributed by atoms with Gasteiger partial charge in [-0.25, -0.2) is 0 Å². The molecular formula is C4H9N3O. The van der Waals surface area contributed by atoms with Crippen LogP contribution < -0.4 is 5.43 Å². The Balaban J connectivity index is 2.16. The van der Waals surface area contributed by atoms with Gasteiger partial charge in [0.2, 0.25) is 0 Å². The Morgan fingerprint density at radius 1 is 2.00 bits per heavy atom. The van der Waals surface area contributed by atoms with E-state index in [4.69, 9.17) is 4.84 Å². The van der Waals surface area contributed by atoms with Crippen molar-refractivity contribution in [2.24, 2.45) is 4.99 Å². The zero-order valence-corrected chi connectivity index (χ0v) is 4.79. The second kappa shape index (κ2) is 2.64. The van der Waals surface area contributed by atoms with Crippen LogP contribution in [0.3, 0.4) is 0 Å². The average Bonchev–Trinajstić information content (AvgIpc) is 2.19. The number of nitrogens with one attached hydrogen (secondary N) is 1. The third-order valence-corrected chi connectivity index (χ3v) is 0.773. The summed E-state index contributed by atoms with van der Waals surface area (Å²) in [7, 11) is 0. The predicted octanol–water partition coefficient (Wildman–Crippen LogP) is -0.256. The number of hydroxylamine groups is 1. The number of hydrogen-bond acceptors (Lipinski definition) is 4. The fourth-order valence-electron chi connectivity index (χ4n) is 0.484. The maximum absolute atomic E-state index is 4.98. The van der Waals surface area contributed by atoms with Gasteiger partial charge in [-0.3, -0.25) is 9.83 Å². The quantitative estimate of drug-likeness (QED) is 0.539. The van der Waals surface area contributed by atoms with Crippen molar-refractivity contribution < 1.29 is 4.84 Å². The summed E-state index contributed by atoms with van der Waals surface area (Å²) in [5, 5.41) is 1.50. The van der Waals surface area contributed by atoms with E-state index in [-0.39, 0.29) is 0 Å². The van der Waals surface area contributed by atoms with Crippen molar-refractivity contribution in [3.8, 4) is 0 Å². The van der Waals surface area contributed by atoms with E-state index >= 15 is 0 Å². The first-order valence-corrected chi connectivity index (χ1v) is 2.59. The molecule has 0 spiro atoms. The van der Waals surface area contributed by atoms with Gasteiger partial charge in [-0.1, -0.05) is 0 Å². The second-order valence-corrected chi connectivity index (χ2v) is 1.36. The van der Waals surface area contributed by atoms with E-state index in [1.54, 1.807) is 6.34 Å². The van der Waals surface area contributed by atoms with Gasteiger partial charge in [0.15, 0.2) is 0 Å². The van der Waals surface area contributed by atoms with Gasteiger partial charge >= 0.3 is 0 Å². The van der Waals surface area contributed by atoms with Crippen LogP contribution in [0.25, 0.3) is 0 Å². The van der Waals surface area contributed by atoms with Gasteiger partial charge in [0, 0.05) is 0 Å². The summed E-state index contributed by atoms with van der Waals surface area (Å²) in [6.45, 7) is 3.22. The molecule has 0 fully saturated rings. The van der Waals surface area contributed by atoms with Crippen molar-refractivity contribution in [1.82, 2.24) is 10.6 Å². The number of hydrogen-bond donors (Lipinski definition) is 1. The van der Waals surface area contributed by atoms with E-state index < -0.39 is 0 Å². The van der Waals surface area contributed by atoms with Crippen molar-refractivity contribution in [3.63, 3.8) is 0 Å². The van der Waals surface area contributed by atoms with Gasteiger partial charge in [0.25, 0.3) is 0 Å². The normalized spacial score (nSPS) is 17.9. The van der Waals surface area contributed by atoms with Crippen molar-refractivity contribution in [2.45, 2.75) is 6.92 Å². The number of hydrazine groups is 1. The minimum Gasteiger partial charge on any atom is -0.257 e. The molecule has 1 heterocycles. The van der Waals surface area contributed by atoms with E-state index in [0.29, 0.717) is 13.3 Å². The first kappa shape index (κ1) is 5.53. The molecule has 0 aromatic carbocycles. The van der Waals surface area contributed by atoms with Crippen LogP contribution in [0.1, 0.15) is 6.92 Å². The Morgan fingerprint density at radius 2 is 2.88 bits per heavy atom. The highest BCUT2D eigenvalue weighted by atomic mass is 16.7. The number of rotatable bonds is 2. The van der Waals surface area contributed by atoms with Crippen molar-refractivity contribution >= 4 is 6.34 Å². The monoisotopic (exact) mass is 115 g/mol. The van der Waals surface area contributed by atoms with Gasteiger partial charge in [0.1, 0.15) is 13.0 Å². The highest BCUT2D eigenvalue weighted by molar-refractivity contribution is 5.54. The van der Waals surface area contributed by atoms with E-state index in [1.807, 2.05) is 6.92 Å². The highest BCUT2D eigenvalue weighted by Gasteiger charge is 2.00. The summed E-state index contributed by atoms with van der Waals surface area (Å²) in [5.41, 5.74) is 2.85. The molecule has 1 aliphatic heterocycles. The molecule has 1 N–H and O–H groups in total. The SMILES string of the molecule is CCON1C=NCN1. The summed E-state index contributed by atoms with van der Waals surface area (Å²) in [5.74, 6) is 0. The van der Waals surface area contributed by atoms with E-state index in [2.05, 4.69) is 10.4 Å². The Morgan fingerprint density at radius 3 is 3.38 bits per heavy atom. The topological polar surface area (TPSA) is 36.9 Å². The summed E-state index contributed by atoms with van der Waals surface area (Å²) in [4.78, 5) is 8.82. The highest BCUT2D eigenvalue weighted by Crippen LogP contribution is 1.85. The Hall–Kier alpha value is -0.610. The minimum absolute atomic E-state index is 0.625. The van der Waals surface area contributed by atoms with Crippen LogP contribution in [-0.4, -0.2) is 24.8 Å².